The molecule has 19 heavy (non-hydrogen) atoms. The van der Waals surface area contributed by atoms with Crippen LogP contribution in [-0.2, 0) is 9.53 Å². The summed E-state index contributed by atoms with van der Waals surface area (Å²) in [4.78, 5) is 14.8. The first-order chi connectivity index (χ1) is 9.26. The number of aromatic nitrogens is 1. The Morgan fingerprint density at radius 1 is 1.47 bits per heavy atom. The fourth-order valence-corrected chi connectivity index (χ4v) is 1.78. The molecule has 96 valence electrons. The van der Waals surface area contributed by atoms with Gasteiger partial charge < -0.3 is 9.72 Å². The highest BCUT2D eigenvalue weighted by molar-refractivity contribution is 6.01. The van der Waals surface area contributed by atoms with Crippen LogP contribution in [0, 0.1) is 11.3 Å². The second-order valence-corrected chi connectivity index (χ2v) is 4.10. The monoisotopic (exact) mass is 254 g/mol. The van der Waals surface area contributed by atoms with Crippen LogP contribution < -0.4 is 0 Å². The molecule has 2 aromatic rings. The number of carbonyl (C=O) groups excluding carboxylic acids is 1. The van der Waals surface area contributed by atoms with E-state index in [0.29, 0.717) is 6.61 Å². The molecule has 0 saturated carbocycles. The van der Waals surface area contributed by atoms with Gasteiger partial charge in [-0.2, -0.15) is 5.26 Å². The number of hydrogen-bond acceptors (Lipinski definition) is 3. The predicted molar refractivity (Wildman–Crippen MR) is 73.1 cm³/mol. The fourth-order valence-electron chi connectivity index (χ4n) is 1.78. The lowest BCUT2D eigenvalue weighted by molar-refractivity contribution is -0.138. The molecular formula is C15H14N2O2. The number of carbonyl (C=O) groups is 1. The third kappa shape index (κ3) is 2.83. The van der Waals surface area contributed by atoms with Crippen LogP contribution in [0.15, 0.2) is 36.0 Å². The van der Waals surface area contributed by atoms with E-state index < -0.39 is 5.97 Å². The van der Waals surface area contributed by atoms with Gasteiger partial charge in [-0.3, -0.25) is 0 Å². The first kappa shape index (κ1) is 12.9. The average molecular weight is 254 g/mol. The number of fused-ring (bicyclic) bond motifs is 1. The summed E-state index contributed by atoms with van der Waals surface area (Å²) >= 11 is 0. The molecule has 1 heterocycles. The van der Waals surface area contributed by atoms with Gasteiger partial charge in [0.2, 0.25) is 0 Å². The maximum absolute atomic E-state index is 11.7. The normalized spacial score (nSPS) is 11.3. The van der Waals surface area contributed by atoms with Crippen molar-refractivity contribution in [1.82, 2.24) is 4.98 Å². The lowest BCUT2D eigenvalue weighted by Crippen LogP contribution is -2.07. The Bertz CT molecular complexity index is 662. The van der Waals surface area contributed by atoms with Gasteiger partial charge in [0.05, 0.1) is 6.61 Å². The first-order valence-corrected chi connectivity index (χ1v) is 6.11. The lowest BCUT2D eigenvalue weighted by atomic mass is 10.1. The number of nitrogens with zero attached hydrogens (tertiary/aromatic N) is 1. The molecule has 0 spiro atoms. The van der Waals surface area contributed by atoms with E-state index in [-0.39, 0.29) is 5.57 Å². The summed E-state index contributed by atoms with van der Waals surface area (Å²) in [6.07, 6.45) is 4.06. The van der Waals surface area contributed by atoms with E-state index >= 15 is 0 Å². The molecule has 0 aliphatic rings. The smallest absolute Gasteiger partial charge is 0.348 e. The van der Waals surface area contributed by atoms with Crippen molar-refractivity contribution in [3.05, 3.63) is 41.6 Å². The van der Waals surface area contributed by atoms with Crippen LogP contribution in [0.1, 0.15) is 18.9 Å². The summed E-state index contributed by atoms with van der Waals surface area (Å²) < 4.78 is 4.97. The predicted octanol–water partition coefficient (Wildman–Crippen LogP) is 3.03. The van der Waals surface area contributed by atoms with Crippen LogP contribution in [0.5, 0.6) is 0 Å². The average Bonchev–Trinajstić information content (AvgIpc) is 2.85. The highest BCUT2D eigenvalue weighted by Gasteiger charge is 2.11. The van der Waals surface area contributed by atoms with Crippen molar-refractivity contribution >= 4 is 22.9 Å². The molecule has 0 amide bonds. The Kier molecular flexibility index (Phi) is 3.99. The summed E-state index contributed by atoms with van der Waals surface area (Å²) in [5.74, 6) is -0.574. The van der Waals surface area contributed by atoms with Crippen molar-refractivity contribution < 1.29 is 9.53 Å². The number of nitriles is 1. The van der Waals surface area contributed by atoms with Gasteiger partial charge in [0.25, 0.3) is 0 Å². The number of ether oxygens (including phenoxy) is 1. The number of hydrogen-bond donors (Lipinski definition) is 1. The number of nitrogens with one attached hydrogen (secondary N) is 1. The Morgan fingerprint density at radius 3 is 3.00 bits per heavy atom. The molecule has 1 aromatic carbocycles. The van der Waals surface area contributed by atoms with E-state index in [2.05, 4.69) is 4.98 Å². The second-order valence-electron chi connectivity index (χ2n) is 4.10. The Labute approximate surface area is 111 Å². The molecule has 0 bridgehead atoms. The molecule has 0 fully saturated rings. The standard InChI is InChI=1S/C15H14N2O2/c1-2-7-19-15(18)11(9-16)8-12-10-17-14-6-4-3-5-13(12)14/h3-6,8,10,17H,2,7H2,1H3/b11-8+. The van der Waals surface area contributed by atoms with Crippen molar-refractivity contribution in [1.29, 1.82) is 5.26 Å². The van der Waals surface area contributed by atoms with Crippen LogP contribution in [0.4, 0.5) is 0 Å². The van der Waals surface area contributed by atoms with Gasteiger partial charge in [0.1, 0.15) is 11.6 Å². The summed E-state index contributed by atoms with van der Waals surface area (Å²) in [5.41, 5.74) is 1.78. The molecule has 2 rings (SSSR count). The fraction of sp³-hybridized carbons (Fsp3) is 0.200. The van der Waals surface area contributed by atoms with E-state index in [0.717, 1.165) is 22.9 Å². The second kappa shape index (κ2) is 5.87. The SMILES string of the molecule is CCCOC(=O)/C(C#N)=C/c1c[nH]c2ccccc12. The van der Waals surface area contributed by atoms with E-state index in [9.17, 15) is 4.79 Å². The molecule has 0 atom stereocenters. The number of para-hydroxylation sites is 1. The summed E-state index contributed by atoms with van der Waals surface area (Å²) in [7, 11) is 0. The van der Waals surface area contributed by atoms with Crippen molar-refractivity contribution in [2.24, 2.45) is 0 Å². The third-order valence-electron chi connectivity index (χ3n) is 2.70. The number of H-pyrrole nitrogens is 1. The van der Waals surface area contributed by atoms with E-state index in [1.807, 2.05) is 37.3 Å². The van der Waals surface area contributed by atoms with Crippen molar-refractivity contribution in [2.75, 3.05) is 6.61 Å². The van der Waals surface area contributed by atoms with Crippen LogP contribution in [0.3, 0.4) is 0 Å². The first-order valence-electron chi connectivity index (χ1n) is 6.11. The van der Waals surface area contributed by atoms with E-state index in [1.54, 1.807) is 12.3 Å². The maximum Gasteiger partial charge on any atom is 0.348 e. The molecule has 0 aliphatic carbocycles. The van der Waals surface area contributed by atoms with E-state index in [4.69, 9.17) is 10.00 Å². The Balaban J connectivity index is 2.33. The molecule has 0 unspecified atom stereocenters. The summed E-state index contributed by atoms with van der Waals surface area (Å²) in [6.45, 7) is 2.23. The van der Waals surface area contributed by atoms with Gasteiger partial charge in [0, 0.05) is 22.7 Å². The van der Waals surface area contributed by atoms with Crippen LogP contribution in [0.2, 0.25) is 0 Å². The summed E-state index contributed by atoms with van der Waals surface area (Å²) in [5, 5.41) is 10.0. The van der Waals surface area contributed by atoms with Crippen molar-refractivity contribution in [3.8, 4) is 6.07 Å². The molecule has 0 saturated heterocycles. The number of benzene rings is 1. The lowest BCUT2D eigenvalue weighted by Gasteiger charge is -2.00. The highest BCUT2D eigenvalue weighted by Crippen LogP contribution is 2.20. The quantitative estimate of drug-likeness (QED) is 0.518. The van der Waals surface area contributed by atoms with E-state index in [1.165, 1.54) is 0 Å². The zero-order chi connectivity index (χ0) is 13.7. The van der Waals surface area contributed by atoms with Crippen LogP contribution >= 0.6 is 0 Å². The zero-order valence-electron chi connectivity index (χ0n) is 10.6. The topological polar surface area (TPSA) is 65.9 Å². The minimum atomic E-state index is -0.574. The van der Waals surface area contributed by atoms with Crippen molar-refractivity contribution in [2.45, 2.75) is 13.3 Å². The molecule has 1 N–H and O–H groups in total. The minimum absolute atomic E-state index is 0.0122. The van der Waals surface area contributed by atoms with Gasteiger partial charge in [-0.15, -0.1) is 0 Å². The molecule has 1 aromatic heterocycles. The van der Waals surface area contributed by atoms with Gasteiger partial charge >= 0.3 is 5.97 Å². The third-order valence-corrected chi connectivity index (χ3v) is 2.70. The molecule has 0 radical (unpaired) electrons. The van der Waals surface area contributed by atoms with Gasteiger partial charge in [0.15, 0.2) is 0 Å². The summed E-state index contributed by atoms with van der Waals surface area (Å²) in [6, 6.07) is 9.59. The number of rotatable bonds is 4. The Hall–Kier alpha value is -2.54. The molecule has 0 aliphatic heterocycles. The van der Waals surface area contributed by atoms with Crippen LogP contribution in [-0.4, -0.2) is 17.6 Å². The zero-order valence-corrected chi connectivity index (χ0v) is 10.6. The number of aromatic amines is 1. The maximum atomic E-state index is 11.7. The molecule has 4 heteroatoms. The largest absolute Gasteiger partial charge is 0.462 e. The van der Waals surface area contributed by atoms with Crippen molar-refractivity contribution in [3.63, 3.8) is 0 Å². The molecular weight excluding hydrogens is 240 g/mol. The van der Waals surface area contributed by atoms with Gasteiger partial charge in [-0.25, -0.2) is 4.79 Å². The highest BCUT2D eigenvalue weighted by atomic mass is 16.5. The van der Waals surface area contributed by atoms with Gasteiger partial charge in [-0.1, -0.05) is 25.1 Å². The number of esters is 1. The Morgan fingerprint density at radius 2 is 2.26 bits per heavy atom. The van der Waals surface area contributed by atoms with Crippen LogP contribution in [0.25, 0.3) is 17.0 Å². The van der Waals surface area contributed by atoms with Gasteiger partial charge in [-0.05, 0) is 18.6 Å². The molecule has 4 nitrogen and oxygen atoms in total. The minimum Gasteiger partial charge on any atom is -0.462 e.